The monoisotopic (exact) mass is 325 g/mol. The van der Waals surface area contributed by atoms with E-state index in [1.54, 1.807) is 12.3 Å². The number of pyridine rings is 1. The summed E-state index contributed by atoms with van der Waals surface area (Å²) >= 11 is 0. The Labute approximate surface area is 139 Å². The van der Waals surface area contributed by atoms with Crippen molar-refractivity contribution in [3.63, 3.8) is 0 Å². The van der Waals surface area contributed by atoms with E-state index in [4.69, 9.17) is 9.26 Å². The molecular formula is C18H19N3O3. The van der Waals surface area contributed by atoms with Gasteiger partial charge < -0.3 is 14.6 Å². The summed E-state index contributed by atoms with van der Waals surface area (Å²) in [6, 6.07) is 9.43. The van der Waals surface area contributed by atoms with Gasteiger partial charge in [-0.2, -0.15) is 0 Å². The first-order valence-corrected chi connectivity index (χ1v) is 7.83. The number of anilines is 1. The topological polar surface area (TPSA) is 77.2 Å². The van der Waals surface area contributed by atoms with Gasteiger partial charge in [-0.05, 0) is 44.0 Å². The van der Waals surface area contributed by atoms with Gasteiger partial charge in [0.05, 0.1) is 23.0 Å². The molecular weight excluding hydrogens is 306 g/mol. The lowest BCUT2D eigenvalue weighted by Gasteiger charge is -2.17. The smallest absolute Gasteiger partial charge is 0.265 e. The van der Waals surface area contributed by atoms with E-state index in [0.717, 1.165) is 16.6 Å². The van der Waals surface area contributed by atoms with Crippen LogP contribution in [0.2, 0.25) is 0 Å². The van der Waals surface area contributed by atoms with Crippen molar-refractivity contribution in [2.75, 3.05) is 5.32 Å². The number of nitrogens with one attached hydrogen (secondary N) is 1. The van der Waals surface area contributed by atoms with Crippen LogP contribution < -0.4 is 10.1 Å². The number of hydrogen-bond acceptors (Lipinski definition) is 5. The van der Waals surface area contributed by atoms with Gasteiger partial charge in [-0.15, -0.1) is 0 Å². The largest absolute Gasteiger partial charge is 0.481 e. The van der Waals surface area contributed by atoms with Crippen molar-refractivity contribution in [3.05, 3.63) is 47.8 Å². The van der Waals surface area contributed by atoms with Gasteiger partial charge in [0.25, 0.3) is 11.6 Å². The molecule has 2 aromatic heterocycles. The highest BCUT2D eigenvalue weighted by Crippen LogP contribution is 2.20. The molecule has 0 fully saturated rings. The second-order valence-corrected chi connectivity index (χ2v) is 5.67. The molecule has 0 radical (unpaired) electrons. The fourth-order valence-electron chi connectivity index (χ4n) is 2.41. The highest BCUT2D eigenvalue weighted by Gasteiger charge is 2.19. The predicted molar refractivity (Wildman–Crippen MR) is 91.1 cm³/mol. The molecule has 1 aromatic carbocycles. The Kier molecular flexibility index (Phi) is 4.46. The van der Waals surface area contributed by atoms with Crippen LogP contribution in [-0.4, -0.2) is 22.2 Å². The lowest BCUT2D eigenvalue weighted by atomic mass is 10.2. The number of nitrogens with zero attached hydrogens (tertiary/aromatic N) is 2. The standard InChI is InChI=1S/C18H19N3O3/c1-4-16(23-14-7-5-6-11(2)8-14)17(22)20-13-9-15-12(3)21-24-18(15)19-10-13/h5-10,16H,4H2,1-3H3,(H,20,22)/t16-/m1/s1. The molecule has 2 heterocycles. The number of aromatic nitrogens is 2. The summed E-state index contributed by atoms with van der Waals surface area (Å²) in [5.74, 6) is 0.467. The minimum atomic E-state index is -0.578. The van der Waals surface area contributed by atoms with E-state index >= 15 is 0 Å². The number of ether oxygens (including phenoxy) is 1. The van der Waals surface area contributed by atoms with Crippen molar-refractivity contribution >= 4 is 22.7 Å². The average molecular weight is 325 g/mol. The molecule has 1 N–H and O–H groups in total. The molecule has 3 rings (SSSR count). The number of carbonyl (C=O) groups is 1. The molecule has 6 heteroatoms. The van der Waals surface area contributed by atoms with Gasteiger partial charge in [-0.25, -0.2) is 4.98 Å². The zero-order valence-electron chi connectivity index (χ0n) is 13.9. The third-order valence-electron chi connectivity index (χ3n) is 3.71. The van der Waals surface area contributed by atoms with Gasteiger partial charge in [-0.1, -0.05) is 24.2 Å². The molecule has 0 saturated carbocycles. The van der Waals surface area contributed by atoms with Crippen LogP contribution in [0.5, 0.6) is 5.75 Å². The van der Waals surface area contributed by atoms with E-state index in [9.17, 15) is 4.79 Å². The number of amides is 1. The predicted octanol–water partition coefficient (Wildman–Crippen LogP) is 3.64. The molecule has 0 bridgehead atoms. The summed E-state index contributed by atoms with van der Waals surface area (Å²) in [4.78, 5) is 16.6. The normalized spacial score (nSPS) is 12.1. The maximum Gasteiger partial charge on any atom is 0.265 e. The van der Waals surface area contributed by atoms with Crippen LogP contribution in [0, 0.1) is 13.8 Å². The fraction of sp³-hybridized carbons (Fsp3) is 0.278. The molecule has 0 aliphatic rings. The van der Waals surface area contributed by atoms with Crippen LogP contribution in [0.4, 0.5) is 5.69 Å². The Balaban J connectivity index is 1.74. The highest BCUT2D eigenvalue weighted by atomic mass is 16.5. The zero-order valence-corrected chi connectivity index (χ0v) is 13.9. The van der Waals surface area contributed by atoms with E-state index in [2.05, 4.69) is 15.5 Å². The molecule has 1 atom stereocenters. The highest BCUT2D eigenvalue weighted by molar-refractivity contribution is 5.95. The molecule has 1 amide bonds. The molecule has 124 valence electrons. The number of aryl methyl sites for hydroxylation is 2. The number of hydrogen-bond donors (Lipinski definition) is 1. The van der Waals surface area contributed by atoms with Gasteiger partial charge in [0.1, 0.15) is 5.75 Å². The number of rotatable bonds is 5. The Hall–Kier alpha value is -2.89. The Morgan fingerprint density at radius 1 is 1.33 bits per heavy atom. The SMILES string of the molecule is CC[C@@H](Oc1cccc(C)c1)C(=O)Nc1cnc2onc(C)c2c1. The van der Waals surface area contributed by atoms with Crippen molar-refractivity contribution in [1.82, 2.24) is 10.1 Å². The average Bonchev–Trinajstić information content (AvgIpc) is 2.93. The van der Waals surface area contributed by atoms with Gasteiger partial charge in [-0.3, -0.25) is 4.79 Å². The fourth-order valence-corrected chi connectivity index (χ4v) is 2.41. The first-order chi connectivity index (χ1) is 11.6. The molecule has 3 aromatic rings. The molecule has 0 spiro atoms. The first kappa shape index (κ1) is 16.0. The first-order valence-electron chi connectivity index (χ1n) is 7.83. The molecule has 0 aliphatic heterocycles. The van der Waals surface area contributed by atoms with E-state index < -0.39 is 6.10 Å². The zero-order chi connectivity index (χ0) is 17.1. The van der Waals surface area contributed by atoms with Crippen molar-refractivity contribution < 1.29 is 14.1 Å². The summed E-state index contributed by atoms with van der Waals surface area (Å²) in [6.45, 7) is 5.72. The summed E-state index contributed by atoms with van der Waals surface area (Å²) in [6.07, 6.45) is 1.53. The van der Waals surface area contributed by atoms with Gasteiger partial charge >= 0.3 is 0 Å². The summed E-state index contributed by atoms with van der Waals surface area (Å²) in [5.41, 5.74) is 2.86. The Morgan fingerprint density at radius 3 is 2.92 bits per heavy atom. The third kappa shape index (κ3) is 3.37. The third-order valence-corrected chi connectivity index (χ3v) is 3.71. The van der Waals surface area contributed by atoms with E-state index in [1.165, 1.54) is 0 Å². The van der Waals surface area contributed by atoms with Crippen LogP contribution in [-0.2, 0) is 4.79 Å². The molecule has 6 nitrogen and oxygen atoms in total. The second kappa shape index (κ2) is 6.70. The quantitative estimate of drug-likeness (QED) is 0.775. The lowest BCUT2D eigenvalue weighted by Crippen LogP contribution is -2.32. The van der Waals surface area contributed by atoms with Gasteiger partial charge in [0, 0.05) is 0 Å². The Bertz CT molecular complexity index is 873. The van der Waals surface area contributed by atoms with Crippen molar-refractivity contribution in [3.8, 4) is 5.75 Å². The number of benzene rings is 1. The molecule has 0 unspecified atom stereocenters. The maximum absolute atomic E-state index is 12.5. The van der Waals surface area contributed by atoms with Crippen LogP contribution in [0.25, 0.3) is 11.1 Å². The van der Waals surface area contributed by atoms with E-state index in [0.29, 0.717) is 23.6 Å². The Morgan fingerprint density at radius 2 is 2.17 bits per heavy atom. The van der Waals surface area contributed by atoms with E-state index in [-0.39, 0.29) is 5.91 Å². The molecule has 0 aliphatic carbocycles. The molecule has 0 saturated heterocycles. The van der Waals surface area contributed by atoms with Crippen molar-refractivity contribution in [1.29, 1.82) is 0 Å². The summed E-state index contributed by atoms with van der Waals surface area (Å²) in [7, 11) is 0. The van der Waals surface area contributed by atoms with Crippen LogP contribution in [0.15, 0.2) is 41.1 Å². The van der Waals surface area contributed by atoms with Gasteiger partial charge in [0.15, 0.2) is 6.10 Å². The second-order valence-electron chi connectivity index (χ2n) is 5.67. The summed E-state index contributed by atoms with van der Waals surface area (Å²) in [5, 5.41) is 7.48. The molecule has 24 heavy (non-hydrogen) atoms. The number of fused-ring (bicyclic) bond motifs is 1. The van der Waals surface area contributed by atoms with E-state index in [1.807, 2.05) is 45.0 Å². The van der Waals surface area contributed by atoms with Crippen LogP contribution in [0.3, 0.4) is 0 Å². The summed E-state index contributed by atoms with van der Waals surface area (Å²) < 4.78 is 10.9. The minimum absolute atomic E-state index is 0.214. The van der Waals surface area contributed by atoms with Crippen LogP contribution >= 0.6 is 0 Å². The minimum Gasteiger partial charge on any atom is -0.481 e. The van der Waals surface area contributed by atoms with Crippen molar-refractivity contribution in [2.24, 2.45) is 0 Å². The van der Waals surface area contributed by atoms with Crippen LogP contribution in [0.1, 0.15) is 24.6 Å². The number of carbonyl (C=O) groups excluding carboxylic acids is 1. The van der Waals surface area contributed by atoms with Gasteiger partial charge in [0.2, 0.25) is 0 Å². The van der Waals surface area contributed by atoms with Crippen molar-refractivity contribution in [2.45, 2.75) is 33.3 Å². The lowest BCUT2D eigenvalue weighted by molar-refractivity contribution is -0.122. The maximum atomic E-state index is 12.5.